The van der Waals surface area contributed by atoms with Crippen LogP contribution in [0.25, 0.3) is 11.3 Å². The van der Waals surface area contributed by atoms with Gasteiger partial charge in [-0.25, -0.2) is 8.42 Å². The van der Waals surface area contributed by atoms with Crippen LogP contribution in [0.3, 0.4) is 0 Å². The Hall–Kier alpha value is -1.99. The highest BCUT2D eigenvalue weighted by Gasteiger charge is 2.26. The molecule has 2 aliphatic rings. The minimum atomic E-state index is -3.18. The predicted molar refractivity (Wildman–Crippen MR) is 107 cm³/mol. The van der Waals surface area contributed by atoms with Crippen molar-refractivity contribution in [2.45, 2.75) is 36.6 Å². The lowest BCUT2D eigenvalue weighted by molar-refractivity contribution is 0.187. The van der Waals surface area contributed by atoms with Crippen LogP contribution in [-0.4, -0.2) is 62.0 Å². The summed E-state index contributed by atoms with van der Waals surface area (Å²) in [6.07, 6.45) is 6.67. The second kappa shape index (κ2) is 7.56. The van der Waals surface area contributed by atoms with Gasteiger partial charge in [0.15, 0.2) is 15.7 Å². The Morgan fingerprint density at radius 2 is 1.56 bits per heavy atom. The van der Waals surface area contributed by atoms with Gasteiger partial charge in [0.2, 0.25) is 0 Å². The van der Waals surface area contributed by atoms with Gasteiger partial charge >= 0.3 is 0 Å². The van der Waals surface area contributed by atoms with E-state index >= 15 is 0 Å². The molecule has 2 fully saturated rings. The van der Waals surface area contributed by atoms with Gasteiger partial charge in [0.25, 0.3) is 0 Å². The molecule has 1 saturated heterocycles. The molecule has 0 amide bonds. The van der Waals surface area contributed by atoms with Gasteiger partial charge < -0.3 is 4.90 Å². The number of hydrogen-bond acceptors (Lipinski definition) is 6. The maximum Gasteiger partial charge on any atom is 0.175 e. The standard InChI is InChI=1S/C20H26N4O2S/c1-27(25,26)18-8-6-16(7-9-18)19-10-11-20(22-21-19)24-14-12-23(13-15-24)17-4-2-3-5-17/h6-11,17H,2-5,12-15H2,1H3. The van der Waals surface area contributed by atoms with Crippen molar-refractivity contribution < 1.29 is 8.42 Å². The quantitative estimate of drug-likeness (QED) is 0.805. The summed E-state index contributed by atoms with van der Waals surface area (Å²) in [4.78, 5) is 5.25. The van der Waals surface area contributed by atoms with Gasteiger partial charge in [-0.3, -0.25) is 4.90 Å². The third-order valence-electron chi connectivity index (χ3n) is 5.71. The first-order valence-electron chi connectivity index (χ1n) is 9.64. The molecule has 6 nitrogen and oxygen atoms in total. The van der Waals surface area contributed by atoms with Crippen molar-refractivity contribution in [3.8, 4) is 11.3 Å². The molecular formula is C20H26N4O2S. The zero-order valence-electron chi connectivity index (χ0n) is 15.7. The lowest BCUT2D eigenvalue weighted by Crippen LogP contribution is -2.50. The summed E-state index contributed by atoms with van der Waals surface area (Å²) < 4.78 is 23.1. The predicted octanol–water partition coefficient (Wildman–Crippen LogP) is 2.61. The first-order valence-corrected chi connectivity index (χ1v) is 11.5. The number of aromatic nitrogens is 2. The van der Waals surface area contributed by atoms with E-state index in [9.17, 15) is 8.42 Å². The molecule has 4 rings (SSSR count). The van der Waals surface area contributed by atoms with Crippen LogP contribution in [0.5, 0.6) is 0 Å². The maximum atomic E-state index is 11.6. The molecule has 0 N–H and O–H groups in total. The number of rotatable bonds is 4. The smallest absolute Gasteiger partial charge is 0.175 e. The summed E-state index contributed by atoms with van der Waals surface area (Å²) in [7, 11) is -3.18. The molecule has 0 bridgehead atoms. The van der Waals surface area contributed by atoms with Crippen LogP contribution in [0, 0.1) is 0 Å². The average molecular weight is 387 g/mol. The fraction of sp³-hybridized carbons (Fsp3) is 0.500. The second-order valence-electron chi connectivity index (χ2n) is 7.53. The van der Waals surface area contributed by atoms with Gasteiger partial charge in [-0.2, -0.15) is 0 Å². The van der Waals surface area contributed by atoms with E-state index < -0.39 is 9.84 Å². The van der Waals surface area contributed by atoms with E-state index in [-0.39, 0.29) is 0 Å². The monoisotopic (exact) mass is 386 g/mol. The first kappa shape index (κ1) is 18.4. The molecule has 144 valence electrons. The summed E-state index contributed by atoms with van der Waals surface area (Å²) in [5, 5.41) is 8.77. The third-order valence-corrected chi connectivity index (χ3v) is 6.84. The molecule has 0 radical (unpaired) electrons. The highest BCUT2D eigenvalue weighted by atomic mass is 32.2. The first-order chi connectivity index (χ1) is 13.0. The number of anilines is 1. The Bertz CT molecular complexity index is 867. The van der Waals surface area contributed by atoms with Crippen LogP contribution in [0.15, 0.2) is 41.3 Å². The summed E-state index contributed by atoms with van der Waals surface area (Å²) in [6.45, 7) is 4.18. The number of sulfone groups is 1. The number of nitrogens with zero attached hydrogens (tertiary/aromatic N) is 4. The van der Waals surface area contributed by atoms with Crippen molar-refractivity contribution in [1.29, 1.82) is 0 Å². The zero-order chi connectivity index (χ0) is 18.9. The molecule has 1 saturated carbocycles. The molecule has 7 heteroatoms. The minimum absolute atomic E-state index is 0.316. The largest absolute Gasteiger partial charge is 0.353 e. The lowest BCUT2D eigenvalue weighted by atomic mass is 10.1. The van der Waals surface area contributed by atoms with Crippen molar-refractivity contribution in [2.75, 3.05) is 37.3 Å². The van der Waals surface area contributed by atoms with Crippen molar-refractivity contribution in [3.05, 3.63) is 36.4 Å². The van der Waals surface area contributed by atoms with Gasteiger partial charge in [-0.15, -0.1) is 10.2 Å². The van der Waals surface area contributed by atoms with Crippen molar-refractivity contribution in [3.63, 3.8) is 0 Å². The van der Waals surface area contributed by atoms with Gasteiger partial charge in [-0.05, 0) is 37.1 Å². The lowest BCUT2D eigenvalue weighted by Gasteiger charge is -2.38. The van der Waals surface area contributed by atoms with E-state index in [1.54, 1.807) is 24.3 Å². The van der Waals surface area contributed by atoms with Crippen molar-refractivity contribution in [1.82, 2.24) is 15.1 Å². The molecule has 0 spiro atoms. The summed E-state index contributed by atoms with van der Waals surface area (Å²) in [5.74, 6) is 0.914. The van der Waals surface area contributed by atoms with Crippen LogP contribution in [0.2, 0.25) is 0 Å². The van der Waals surface area contributed by atoms with E-state index in [2.05, 4.69) is 20.0 Å². The molecule has 2 aromatic rings. The van der Waals surface area contributed by atoms with Gasteiger partial charge in [0.1, 0.15) is 0 Å². The molecule has 1 aromatic carbocycles. The molecule has 1 aliphatic heterocycles. The van der Waals surface area contributed by atoms with E-state index in [0.29, 0.717) is 4.90 Å². The Balaban J connectivity index is 1.40. The second-order valence-corrected chi connectivity index (χ2v) is 9.55. The Morgan fingerprint density at radius 3 is 2.11 bits per heavy atom. The van der Waals surface area contributed by atoms with Crippen LogP contribution in [-0.2, 0) is 9.84 Å². The molecule has 0 atom stereocenters. The van der Waals surface area contributed by atoms with E-state index in [1.165, 1.54) is 31.9 Å². The van der Waals surface area contributed by atoms with E-state index in [1.807, 2.05) is 12.1 Å². The SMILES string of the molecule is CS(=O)(=O)c1ccc(-c2ccc(N3CCN(C4CCCC4)CC3)nn2)cc1. The van der Waals surface area contributed by atoms with E-state index in [0.717, 1.165) is 49.3 Å². The normalized spacial score (nSPS) is 19.5. The van der Waals surface area contributed by atoms with Crippen LogP contribution >= 0.6 is 0 Å². The van der Waals surface area contributed by atoms with Gasteiger partial charge in [-0.1, -0.05) is 25.0 Å². The Morgan fingerprint density at radius 1 is 0.889 bits per heavy atom. The van der Waals surface area contributed by atoms with Gasteiger partial charge in [0.05, 0.1) is 10.6 Å². The van der Waals surface area contributed by atoms with Crippen LogP contribution < -0.4 is 4.90 Å². The molecule has 1 aliphatic carbocycles. The molecule has 1 aromatic heterocycles. The third kappa shape index (κ3) is 4.14. The molecule has 2 heterocycles. The Labute approximate surface area is 161 Å². The number of benzene rings is 1. The minimum Gasteiger partial charge on any atom is -0.353 e. The van der Waals surface area contributed by atoms with Crippen molar-refractivity contribution >= 4 is 15.7 Å². The Kier molecular flexibility index (Phi) is 5.14. The van der Waals surface area contributed by atoms with Crippen LogP contribution in [0.1, 0.15) is 25.7 Å². The topological polar surface area (TPSA) is 66.4 Å². The number of piperazine rings is 1. The highest BCUT2D eigenvalue weighted by molar-refractivity contribution is 7.90. The van der Waals surface area contributed by atoms with Gasteiger partial charge in [0, 0.05) is 44.0 Å². The summed E-state index contributed by atoms with van der Waals surface area (Å²) in [6, 6.07) is 11.5. The highest BCUT2D eigenvalue weighted by Crippen LogP contribution is 2.26. The summed E-state index contributed by atoms with van der Waals surface area (Å²) in [5.41, 5.74) is 1.62. The van der Waals surface area contributed by atoms with Crippen molar-refractivity contribution in [2.24, 2.45) is 0 Å². The maximum absolute atomic E-state index is 11.6. The molecule has 27 heavy (non-hydrogen) atoms. The van der Waals surface area contributed by atoms with E-state index in [4.69, 9.17) is 0 Å². The average Bonchev–Trinajstić information content (AvgIpc) is 3.23. The number of hydrogen-bond donors (Lipinski definition) is 0. The fourth-order valence-corrected chi connectivity index (χ4v) is 4.74. The fourth-order valence-electron chi connectivity index (χ4n) is 4.11. The summed E-state index contributed by atoms with van der Waals surface area (Å²) >= 11 is 0. The van der Waals surface area contributed by atoms with Crippen LogP contribution in [0.4, 0.5) is 5.82 Å². The molecule has 0 unspecified atom stereocenters. The molecular weight excluding hydrogens is 360 g/mol. The zero-order valence-corrected chi connectivity index (χ0v) is 16.5.